The van der Waals surface area contributed by atoms with Crippen LogP contribution in [0.25, 0.3) is 22.5 Å². The van der Waals surface area contributed by atoms with Gasteiger partial charge in [-0.3, -0.25) is 4.99 Å². The molecule has 0 amide bonds. The van der Waals surface area contributed by atoms with E-state index in [1.165, 1.54) is 0 Å². The van der Waals surface area contributed by atoms with E-state index >= 15 is 0 Å². The van der Waals surface area contributed by atoms with Crippen molar-refractivity contribution in [3.05, 3.63) is 66.5 Å². The van der Waals surface area contributed by atoms with Crippen LogP contribution in [0.15, 0.2) is 60.4 Å². The van der Waals surface area contributed by atoms with Crippen LogP contribution in [0.3, 0.4) is 0 Å². The zero-order valence-corrected chi connectivity index (χ0v) is 20.4. The van der Waals surface area contributed by atoms with E-state index < -0.39 is 12.2 Å². The normalized spacial score (nSPS) is 21.5. The van der Waals surface area contributed by atoms with Gasteiger partial charge in [-0.1, -0.05) is 36.9 Å². The highest BCUT2D eigenvalue weighted by Gasteiger charge is 2.31. The highest BCUT2D eigenvalue weighted by atomic mass is 16.3. The van der Waals surface area contributed by atoms with Crippen LogP contribution in [0.4, 0.5) is 5.82 Å². The summed E-state index contributed by atoms with van der Waals surface area (Å²) in [6.45, 7) is 5.88. The molecule has 3 unspecified atom stereocenters. The first-order chi connectivity index (χ1) is 16.4. The zero-order valence-electron chi connectivity index (χ0n) is 20.4. The van der Waals surface area contributed by atoms with Gasteiger partial charge in [-0.15, -0.1) is 0 Å². The molecule has 0 bridgehead atoms. The fraction of sp³-hybridized carbons (Fsp3) is 0.370. The summed E-state index contributed by atoms with van der Waals surface area (Å²) >= 11 is 0. The number of nitrogens with one attached hydrogen (secondary N) is 1. The summed E-state index contributed by atoms with van der Waals surface area (Å²) in [5.41, 5.74) is 4.55. The van der Waals surface area contributed by atoms with E-state index in [2.05, 4.69) is 21.9 Å². The van der Waals surface area contributed by atoms with Gasteiger partial charge in [-0.25, -0.2) is 9.97 Å². The molecule has 1 aliphatic carbocycles. The molecule has 180 valence electrons. The molecule has 3 rings (SSSR count). The van der Waals surface area contributed by atoms with E-state index in [4.69, 9.17) is 4.98 Å². The molecule has 0 radical (unpaired) electrons. The van der Waals surface area contributed by atoms with Crippen LogP contribution in [0.5, 0.6) is 0 Å². The predicted octanol–water partition coefficient (Wildman–Crippen LogP) is 4.02. The van der Waals surface area contributed by atoms with Crippen molar-refractivity contribution in [2.24, 2.45) is 4.99 Å². The Morgan fingerprint density at radius 3 is 2.71 bits per heavy atom. The Morgan fingerprint density at radius 2 is 2.03 bits per heavy atom. The number of hydrogen-bond acceptors (Lipinski definition) is 7. The average Bonchev–Trinajstić information content (AvgIpc) is 2.84. The van der Waals surface area contributed by atoms with Gasteiger partial charge in [0.2, 0.25) is 0 Å². The minimum absolute atomic E-state index is 0.302. The molecule has 1 aromatic carbocycles. The molecule has 3 atom stereocenters. The molecule has 0 saturated heterocycles. The molecule has 0 spiro atoms. The Hall–Kier alpha value is -3.29. The lowest BCUT2D eigenvalue weighted by Gasteiger charge is -2.33. The average molecular weight is 462 g/mol. The second-order valence-corrected chi connectivity index (χ2v) is 8.66. The molecular formula is C27H35N5O2. The van der Waals surface area contributed by atoms with Crippen molar-refractivity contribution in [3.63, 3.8) is 0 Å². The van der Waals surface area contributed by atoms with Crippen molar-refractivity contribution in [3.8, 4) is 11.4 Å². The number of hydrogen-bond donors (Lipinski definition) is 3. The van der Waals surface area contributed by atoms with Crippen molar-refractivity contribution in [2.75, 3.05) is 26.5 Å². The number of nitrogens with zero attached hydrogens (tertiary/aromatic N) is 4. The van der Waals surface area contributed by atoms with Crippen molar-refractivity contribution in [1.82, 2.24) is 14.9 Å². The Labute approximate surface area is 202 Å². The molecule has 1 aliphatic rings. The first-order valence-electron chi connectivity index (χ1n) is 11.6. The van der Waals surface area contributed by atoms with Gasteiger partial charge in [0.1, 0.15) is 5.82 Å². The third-order valence-corrected chi connectivity index (χ3v) is 5.89. The lowest BCUT2D eigenvalue weighted by molar-refractivity contribution is -0.0161. The van der Waals surface area contributed by atoms with E-state index in [1.807, 2.05) is 68.5 Å². The van der Waals surface area contributed by atoms with Crippen molar-refractivity contribution >= 4 is 23.2 Å². The van der Waals surface area contributed by atoms with Gasteiger partial charge >= 0.3 is 0 Å². The Morgan fingerprint density at radius 1 is 1.24 bits per heavy atom. The van der Waals surface area contributed by atoms with Gasteiger partial charge in [0.25, 0.3) is 0 Å². The topological polar surface area (TPSA) is 93.9 Å². The SMILES string of the molecule is C=C/C(=C\N(C)C)c1cccc(-c2ncc(/C(C=NC)=C/C)c(NC3CCCC(O)C3O)n2)c1. The van der Waals surface area contributed by atoms with Crippen LogP contribution in [-0.4, -0.2) is 70.7 Å². The third kappa shape index (κ3) is 5.98. The number of allylic oxidation sites excluding steroid dienone is 4. The smallest absolute Gasteiger partial charge is 0.161 e. The minimum atomic E-state index is -0.858. The van der Waals surface area contributed by atoms with Gasteiger partial charge in [0, 0.05) is 56.5 Å². The van der Waals surface area contributed by atoms with E-state index in [1.54, 1.807) is 19.5 Å². The summed E-state index contributed by atoms with van der Waals surface area (Å²) in [5.74, 6) is 1.17. The second-order valence-electron chi connectivity index (χ2n) is 8.66. The number of rotatable bonds is 8. The molecule has 2 aromatic rings. The summed E-state index contributed by atoms with van der Waals surface area (Å²) in [4.78, 5) is 15.7. The highest BCUT2D eigenvalue weighted by Crippen LogP contribution is 2.29. The lowest BCUT2D eigenvalue weighted by Crippen LogP contribution is -2.45. The molecule has 7 nitrogen and oxygen atoms in total. The van der Waals surface area contributed by atoms with E-state index in [0.29, 0.717) is 18.1 Å². The van der Waals surface area contributed by atoms with Crippen LogP contribution in [0, 0.1) is 0 Å². The quantitative estimate of drug-likeness (QED) is 0.406. The van der Waals surface area contributed by atoms with Gasteiger partial charge in [-0.05, 0) is 43.4 Å². The summed E-state index contributed by atoms with van der Waals surface area (Å²) < 4.78 is 0. The van der Waals surface area contributed by atoms with Crippen molar-refractivity contribution in [2.45, 2.75) is 44.4 Å². The largest absolute Gasteiger partial charge is 0.390 e. The fourth-order valence-electron chi connectivity index (χ4n) is 4.13. The lowest BCUT2D eigenvalue weighted by atomic mass is 9.90. The Balaban J connectivity index is 2.06. The summed E-state index contributed by atoms with van der Waals surface area (Å²) in [5, 5.41) is 24.1. The van der Waals surface area contributed by atoms with Crippen LogP contribution in [0.2, 0.25) is 0 Å². The number of aliphatic hydroxyl groups is 2. The predicted molar refractivity (Wildman–Crippen MR) is 141 cm³/mol. The minimum Gasteiger partial charge on any atom is -0.390 e. The zero-order chi connectivity index (χ0) is 24.7. The summed E-state index contributed by atoms with van der Waals surface area (Å²) in [7, 11) is 5.67. The molecule has 34 heavy (non-hydrogen) atoms. The molecule has 1 fully saturated rings. The number of anilines is 1. The van der Waals surface area contributed by atoms with Crippen LogP contribution in [-0.2, 0) is 0 Å². The first-order valence-corrected chi connectivity index (χ1v) is 11.6. The Bertz CT molecular complexity index is 1090. The molecule has 1 aromatic heterocycles. The standard InChI is InChI=1S/C27H35N5O2/c1-6-18(15-28-3)22-16-29-26(31-27(22)30-23-12-9-13-24(33)25(23)34)21-11-8-10-20(14-21)19(7-2)17-32(4)5/h6-8,10-11,14-17,23-25,33-34H,2,9,12-13H2,1,3-5H3,(H,29,30,31)/b18-6+,19-17+,28-15?. The van der Waals surface area contributed by atoms with Crippen molar-refractivity contribution in [1.29, 1.82) is 0 Å². The van der Waals surface area contributed by atoms with Gasteiger partial charge in [-0.2, -0.15) is 0 Å². The first kappa shape index (κ1) is 25.3. The van der Waals surface area contributed by atoms with E-state index in [-0.39, 0.29) is 6.04 Å². The molecule has 1 heterocycles. The second kappa shape index (κ2) is 11.7. The maximum Gasteiger partial charge on any atom is 0.161 e. The number of benzene rings is 1. The molecule has 0 aliphatic heterocycles. The molecule has 7 heteroatoms. The monoisotopic (exact) mass is 461 g/mol. The molecule has 3 N–H and O–H groups in total. The van der Waals surface area contributed by atoms with Gasteiger partial charge < -0.3 is 20.4 Å². The third-order valence-electron chi connectivity index (χ3n) is 5.89. The summed E-state index contributed by atoms with van der Waals surface area (Å²) in [6.07, 6.45) is 9.92. The van der Waals surface area contributed by atoms with Crippen molar-refractivity contribution < 1.29 is 10.2 Å². The number of aliphatic imine (C=N–C) groups is 1. The van der Waals surface area contributed by atoms with Gasteiger partial charge in [0.05, 0.1) is 18.2 Å². The summed E-state index contributed by atoms with van der Waals surface area (Å²) in [6, 6.07) is 7.72. The van der Waals surface area contributed by atoms with Crippen LogP contribution >= 0.6 is 0 Å². The number of aliphatic hydroxyl groups excluding tert-OH is 2. The highest BCUT2D eigenvalue weighted by molar-refractivity contribution is 6.11. The van der Waals surface area contributed by atoms with Crippen LogP contribution in [0.1, 0.15) is 37.3 Å². The fourth-order valence-corrected chi connectivity index (χ4v) is 4.13. The molecular weight excluding hydrogens is 426 g/mol. The molecule has 1 saturated carbocycles. The maximum absolute atomic E-state index is 10.6. The maximum atomic E-state index is 10.6. The van der Waals surface area contributed by atoms with Gasteiger partial charge in [0.15, 0.2) is 5.82 Å². The number of aromatic nitrogens is 2. The Kier molecular flexibility index (Phi) is 8.73. The van der Waals surface area contributed by atoms with E-state index in [9.17, 15) is 10.2 Å². The van der Waals surface area contributed by atoms with E-state index in [0.717, 1.165) is 40.7 Å². The van der Waals surface area contributed by atoms with Crippen LogP contribution < -0.4 is 5.32 Å².